The number of aliphatic imine (C=N–C) groups is 1. The van der Waals surface area contributed by atoms with Crippen molar-refractivity contribution in [2.24, 2.45) is 4.99 Å². The van der Waals surface area contributed by atoms with Crippen LogP contribution in [0.3, 0.4) is 0 Å². The van der Waals surface area contributed by atoms with E-state index in [1.165, 1.54) is 4.88 Å². The highest BCUT2D eigenvalue weighted by molar-refractivity contribution is 7.15. The van der Waals surface area contributed by atoms with Gasteiger partial charge in [0.15, 0.2) is 5.82 Å². The van der Waals surface area contributed by atoms with Crippen LogP contribution in [0, 0.1) is 20.8 Å². The van der Waals surface area contributed by atoms with Gasteiger partial charge in [-0.1, -0.05) is 23.7 Å². The van der Waals surface area contributed by atoms with E-state index in [0.29, 0.717) is 23.9 Å². The van der Waals surface area contributed by atoms with E-state index in [9.17, 15) is 4.79 Å². The van der Waals surface area contributed by atoms with Crippen LogP contribution >= 0.6 is 22.9 Å². The third-order valence-electron chi connectivity index (χ3n) is 7.41. The highest BCUT2D eigenvalue weighted by Gasteiger charge is 2.33. The summed E-state index contributed by atoms with van der Waals surface area (Å²) in [4.78, 5) is 19.9. The number of carbonyl (C=O) groups excluding carboxylic acids is 1. The molecule has 0 radical (unpaired) electrons. The molecule has 3 heterocycles. The van der Waals surface area contributed by atoms with Crippen molar-refractivity contribution in [2.75, 3.05) is 20.2 Å². The van der Waals surface area contributed by atoms with Crippen LogP contribution in [0.15, 0.2) is 29.3 Å². The molecule has 8 nitrogen and oxygen atoms in total. The molecule has 2 aromatic heterocycles. The maximum atomic E-state index is 13.5. The number of ether oxygens (including phenoxy) is 1. The van der Waals surface area contributed by atoms with Crippen molar-refractivity contribution in [3.8, 4) is 5.00 Å². The van der Waals surface area contributed by atoms with E-state index < -0.39 is 11.6 Å². The van der Waals surface area contributed by atoms with Gasteiger partial charge in [0.1, 0.15) is 16.9 Å². The van der Waals surface area contributed by atoms with Crippen molar-refractivity contribution in [2.45, 2.75) is 84.9 Å². The van der Waals surface area contributed by atoms with Gasteiger partial charge in [0.2, 0.25) is 5.91 Å². The van der Waals surface area contributed by atoms with E-state index in [0.717, 1.165) is 46.2 Å². The Morgan fingerprint density at radius 3 is 2.48 bits per heavy atom. The Morgan fingerprint density at radius 2 is 1.80 bits per heavy atom. The molecule has 0 bridgehead atoms. The van der Waals surface area contributed by atoms with Crippen LogP contribution in [-0.2, 0) is 9.53 Å². The van der Waals surface area contributed by atoms with Gasteiger partial charge in [0.25, 0.3) is 0 Å². The van der Waals surface area contributed by atoms with Gasteiger partial charge in [0.05, 0.1) is 17.7 Å². The van der Waals surface area contributed by atoms with E-state index in [1.54, 1.807) is 11.3 Å². The molecule has 10 heteroatoms. The zero-order chi connectivity index (χ0) is 29.2. The molecule has 40 heavy (non-hydrogen) atoms. The lowest BCUT2D eigenvalue weighted by molar-refractivity contribution is -0.123. The van der Waals surface area contributed by atoms with Crippen molar-refractivity contribution in [3.05, 3.63) is 62.5 Å². The fraction of sp³-hybridized carbons (Fsp3) is 0.533. The first-order valence-electron chi connectivity index (χ1n) is 13.8. The molecule has 2 N–H and O–H groups in total. The van der Waals surface area contributed by atoms with E-state index in [4.69, 9.17) is 21.3 Å². The fourth-order valence-electron chi connectivity index (χ4n) is 4.88. The molecule has 216 valence electrons. The molecule has 0 aliphatic carbocycles. The number of rotatable bonds is 11. The summed E-state index contributed by atoms with van der Waals surface area (Å²) < 4.78 is 8.21. The third kappa shape index (κ3) is 6.82. The largest absolute Gasteiger partial charge is 0.375 e. The summed E-state index contributed by atoms with van der Waals surface area (Å²) in [6, 6.07) is 7.20. The number of benzene rings is 1. The average Bonchev–Trinajstić information content (AvgIpc) is 3.35. The summed E-state index contributed by atoms with van der Waals surface area (Å²) in [6.07, 6.45) is 1.76. The van der Waals surface area contributed by atoms with Gasteiger partial charge < -0.3 is 15.4 Å². The van der Waals surface area contributed by atoms with Gasteiger partial charge >= 0.3 is 0 Å². The van der Waals surface area contributed by atoms with Crippen LogP contribution in [-0.4, -0.2) is 57.7 Å². The Bertz CT molecular complexity index is 1390. The number of aryl methyl sites for hydroxylation is 2. The Kier molecular flexibility index (Phi) is 9.19. The zero-order valence-electron chi connectivity index (χ0n) is 24.8. The minimum Gasteiger partial charge on any atom is -0.375 e. The summed E-state index contributed by atoms with van der Waals surface area (Å²) in [6.45, 7) is 15.9. The molecule has 1 aromatic carbocycles. The van der Waals surface area contributed by atoms with E-state index in [1.807, 2.05) is 52.1 Å². The highest BCUT2D eigenvalue weighted by atomic mass is 35.5. The normalized spacial score (nSPS) is 15.3. The molecular formula is C30H41ClN6O2S. The van der Waals surface area contributed by atoms with Crippen LogP contribution in [0.25, 0.3) is 5.00 Å². The molecule has 0 spiro atoms. The molecular weight excluding hydrogens is 544 g/mol. The summed E-state index contributed by atoms with van der Waals surface area (Å²) >= 11 is 7.91. The molecule has 3 aromatic rings. The Morgan fingerprint density at radius 1 is 1.10 bits per heavy atom. The van der Waals surface area contributed by atoms with Crippen LogP contribution in [0.1, 0.15) is 86.2 Å². The number of nitrogens with one attached hydrogen (secondary N) is 2. The standard InChI is InChI=1S/C30H41ClN6O2S/c1-18-19(2)40-28-25(18)26(21-9-11-22(31)12-10-21)33-23(27-36-35-20(3)37(27)28)17-24(38)34-29(4,5)14-16-39-30(6,7)13-15-32-8/h9-12,23,32H,13-17H2,1-8H3,(H,34,38)/t23-/m0/s1. The predicted molar refractivity (Wildman–Crippen MR) is 163 cm³/mol. The van der Waals surface area contributed by atoms with Crippen molar-refractivity contribution < 1.29 is 9.53 Å². The predicted octanol–water partition coefficient (Wildman–Crippen LogP) is 5.88. The Hall–Kier alpha value is -2.59. The van der Waals surface area contributed by atoms with E-state index in [-0.39, 0.29) is 17.9 Å². The van der Waals surface area contributed by atoms with E-state index >= 15 is 0 Å². The summed E-state index contributed by atoms with van der Waals surface area (Å²) in [5.74, 6) is 1.36. The lowest BCUT2D eigenvalue weighted by Crippen LogP contribution is -2.45. The van der Waals surface area contributed by atoms with Gasteiger partial charge in [0, 0.05) is 33.2 Å². The molecule has 0 saturated carbocycles. The lowest BCUT2D eigenvalue weighted by Gasteiger charge is -2.30. The van der Waals surface area contributed by atoms with Crippen LogP contribution in [0.4, 0.5) is 0 Å². The van der Waals surface area contributed by atoms with Crippen LogP contribution in [0.2, 0.25) is 5.02 Å². The summed E-state index contributed by atoms with van der Waals surface area (Å²) in [5, 5.41) is 17.0. The summed E-state index contributed by atoms with van der Waals surface area (Å²) in [5.41, 5.74) is 3.33. The van der Waals surface area contributed by atoms with E-state index in [2.05, 4.69) is 53.1 Å². The summed E-state index contributed by atoms with van der Waals surface area (Å²) in [7, 11) is 1.94. The maximum absolute atomic E-state index is 13.5. The first-order valence-corrected chi connectivity index (χ1v) is 15.0. The Balaban J connectivity index is 1.60. The minimum absolute atomic E-state index is 0.0889. The third-order valence-corrected chi connectivity index (χ3v) is 8.86. The second-order valence-electron chi connectivity index (χ2n) is 11.8. The van der Waals surface area contributed by atoms with Crippen LogP contribution in [0.5, 0.6) is 0 Å². The van der Waals surface area contributed by atoms with Gasteiger partial charge in [-0.15, -0.1) is 21.5 Å². The molecule has 1 aliphatic heterocycles. The number of hydrogen-bond donors (Lipinski definition) is 2. The van der Waals surface area contributed by atoms with Gasteiger partial charge in [-0.2, -0.15) is 0 Å². The zero-order valence-corrected chi connectivity index (χ0v) is 26.4. The first-order chi connectivity index (χ1) is 18.8. The average molecular weight is 585 g/mol. The number of aromatic nitrogens is 3. The molecule has 4 rings (SSSR count). The quantitative estimate of drug-likeness (QED) is 0.294. The van der Waals surface area contributed by atoms with Crippen molar-refractivity contribution in [3.63, 3.8) is 0 Å². The molecule has 0 fully saturated rings. The van der Waals surface area contributed by atoms with Crippen LogP contribution < -0.4 is 10.6 Å². The number of amides is 1. The number of nitrogens with zero attached hydrogens (tertiary/aromatic N) is 4. The fourth-order valence-corrected chi connectivity index (χ4v) is 6.22. The molecule has 0 unspecified atom stereocenters. The number of thiophene rings is 1. The number of fused-ring (bicyclic) bond motifs is 3. The van der Waals surface area contributed by atoms with Crippen molar-refractivity contribution in [1.82, 2.24) is 25.4 Å². The number of halogens is 1. The minimum atomic E-state index is -0.501. The Labute approximate surface area is 246 Å². The lowest BCUT2D eigenvalue weighted by atomic mass is 9.99. The molecule has 0 saturated heterocycles. The second kappa shape index (κ2) is 12.1. The van der Waals surface area contributed by atoms with Gasteiger partial charge in [-0.05, 0) is 92.6 Å². The highest BCUT2D eigenvalue weighted by Crippen LogP contribution is 2.39. The first kappa shape index (κ1) is 30.4. The molecule has 1 aliphatic rings. The second-order valence-corrected chi connectivity index (χ2v) is 13.4. The molecule has 1 atom stereocenters. The smallest absolute Gasteiger partial charge is 0.223 e. The maximum Gasteiger partial charge on any atom is 0.223 e. The van der Waals surface area contributed by atoms with Gasteiger partial charge in [-0.25, -0.2) is 0 Å². The topological polar surface area (TPSA) is 93.4 Å². The number of hydrogen-bond acceptors (Lipinski definition) is 7. The SMILES string of the molecule is CNCCC(C)(C)OCCC(C)(C)NC(=O)C[C@@H]1N=C(c2ccc(Cl)cc2)c2c(sc(C)c2C)-n2c(C)nnc21. The van der Waals surface area contributed by atoms with Crippen molar-refractivity contribution in [1.29, 1.82) is 0 Å². The molecule has 1 amide bonds. The monoisotopic (exact) mass is 584 g/mol. The number of carbonyl (C=O) groups is 1. The van der Waals surface area contributed by atoms with Gasteiger partial charge in [-0.3, -0.25) is 14.4 Å². The van der Waals surface area contributed by atoms with Crippen molar-refractivity contribution >= 4 is 34.6 Å².